The SMILES string of the molecule is C=C1C(=O)C23CC1CC(O)C2C1(COC3=O)C(OC(C)=O)CCC(C)(C)C1C(=O)O. The first-order chi connectivity index (χ1) is 13.9. The molecular weight excluding hydrogens is 392 g/mol. The number of carboxylic acid groups (broad SMARTS) is 1. The Balaban J connectivity index is 1.99. The molecule has 1 saturated heterocycles. The number of carboxylic acids is 1. The monoisotopic (exact) mass is 420 g/mol. The fourth-order valence-corrected chi connectivity index (χ4v) is 7.17. The molecule has 0 radical (unpaired) electrons. The molecule has 2 bridgehead atoms. The number of Topliss-reactive ketones (excluding diaryl/α,β-unsaturated/α-hetero) is 1. The summed E-state index contributed by atoms with van der Waals surface area (Å²) in [5.41, 5.74) is -3.56. The summed E-state index contributed by atoms with van der Waals surface area (Å²) >= 11 is 0. The van der Waals surface area contributed by atoms with Gasteiger partial charge in [-0.3, -0.25) is 19.2 Å². The molecular formula is C22H28O8. The van der Waals surface area contributed by atoms with E-state index in [0.717, 1.165) is 0 Å². The molecule has 3 aliphatic carbocycles. The number of aliphatic hydroxyl groups excluding tert-OH is 1. The minimum Gasteiger partial charge on any atom is -0.481 e. The van der Waals surface area contributed by atoms with Crippen LogP contribution in [0.5, 0.6) is 0 Å². The molecule has 7 atom stereocenters. The van der Waals surface area contributed by atoms with E-state index in [4.69, 9.17) is 9.47 Å². The van der Waals surface area contributed by atoms with E-state index in [1.54, 1.807) is 0 Å². The number of cyclic esters (lactones) is 1. The van der Waals surface area contributed by atoms with E-state index in [2.05, 4.69) is 6.58 Å². The predicted molar refractivity (Wildman–Crippen MR) is 102 cm³/mol. The maximum atomic E-state index is 13.3. The van der Waals surface area contributed by atoms with Gasteiger partial charge in [0.15, 0.2) is 5.78 Å². The Labute approximate surface area is 174 Å². The number of carbonyl (C=O) groups excluding carboxylic acids is 3. The summed E-state index contributed by atoms with van der Waals surface area (Å²) in [5, 5.41) is 21.5. The fourth-order valence-electron chi connectivity index (χ4n) is 7.17. The molecule has 8 nitrogen and oxygen atoms in total. The maximum absolute atomic E-state index is 13.3. The Bertz CT molecular complexity index is 859. The van der Waals surface area contributed by atoms with E-state index in [1.807, 2.05) is 13.8 Å². The molecule has 4 aliphatic rings. The molecule has 0 aromatic heterocycles. The summed E-state index contributed by atoms with van der Waals surface area (Å²) in [5.74, 6) is -5.39. The number of ketones is 1. The smallest absolute Gasteiger partial charge is 0.320 e. The van der Waals surface area contributed by atoms with E-state index in [-0.39, 0.29) is 30.9 Å². The summed E-state index contributed by atoms with van der Waals surface area (Å²) in [6.45, 7) is 8.39. The van der Waals surface area contributed by atoms with E-state index in [9.17, 15) is 29.4 Å². The summed E-state index contributed by atoms with van der Waals surface area (Å²) in [4.78, 5) is 50.9. The zero-order valence-corrected chi connectivity index (χ0v) is 17.5. The van der Waals surface area contributed by atoms with Gasteiger partial charge in [-0.15, -0.1) is 0 Å². The van der Waals surface area contributed by atoms with Gasteiger partial charge in [0.2, 0.25) is 0 Å². The first kappa shape index (κ1) is 21.0. The van der Waals surface area contributed by atoms with E-state index >= 15 is 0 Å². The van der Waals surface area contributed by atoms with Crippen LogP contribution in [-0.2, 0) is 28.7 Å². The molecule has 0 aromatic carbocycles. The molecule has 1 heterocycles. The maximum Gasteiger partial charge on any atom is 0.320 e. The lowest BCUT2D eigenvalue weighted by Crippen LogP contribution is -2.72. The van der Waals surface area contributed by atoms with Crippen molar-refractivity contribution < 1.29 is 38.9 Å². The average Bonchev–Trinajstić information content (AvgIpc) is 2.82. The van der Waals surface area contributed by atoms with Crippen molar-refractivity contribution in [1.82, 2.24) is 0 Å². The van der Waals surface area contributed by atoms with Gasteiger partial charge in [-0.05, 0) is 42.6 Å². The number of rotatable bonds is 2. The number of hydrogen-bond donors (Lipinski definition) is 2. The number of fused-ring (bicyclic) bond motifs is 2. The van der Waals surface area contributed by atoms with Crippen LogP contribution in [0.4, 0.5) is 0 Å². The molecule has 0 amide bonds. The lowest BCUT2D eigenvalue weighted by molar-refractivity contribution is -0.259. The van der Waals surface area contributed by atoms with Crippen molar-refractivity contribution in [1.29, 1.82) is 0 Å². The normalized spacial score (nSPS) is 44.4. The van der Waals surface area contributed by atoms with Crippen LogP contribution in [0.1, 0.15) is 46.5 Å². The number of carbonyl (C=O) groups is 4. The van der Waals surface area contributed by atoms with Crippen LogP contribution in [0.25, 0.3) is 0 Å². The van der Waals surface area contributed by atoms with Crippen LogP contribution in [-0.4, -0.2) is 52.7 Å². The highest BCUT2D eigenvalue weighted by Gasteiger charge is 2.77. The second kappa shape index (κ2) is 6.39. The summed E-state index contributed by atoms with van der Waals surface area (Å²) < 4.78 is 11.2. The molecule has 4 rings (SSSR count). The summed E-state index contributed by atoms with van der Waals surface area (Å²) in [7, 11) is 0. The quantitative estimate of drug-likeness (QED) is 0.391. The largest absolute Gasteiger partial charge is 0.481 e. The second-order valence-corrected chi connectivity index (χ2v) is 10.1. The van der Waals surface area contributed by atoms with Gasteiger partial charge in [-0.2, -0.15) is 0 Å². The van der Waals surface area contributed by atoms with Crippen LogP contribution >= 0.6 is 0 Å². The number of allylic oxidation sites excluding steroid dienone is 1. The van der Waals surface area contributed by atoms with Crippen molar-refractivity contribution in [3.8, 4) is 0 Å². The molecule has 1 aliphatic heterocycles. The fraction of sp³-hybridized carbons (Fsp3) is 0.727. The lowest BCUT2D eigenvalue weighted by atomic mass is 9.43. The topological polar surface area (TPSA) is 127 Å². The van der Waals surface area contributed by atoms with Gasteiger partial charge < -0.3 is 19.7 Å². The number of hydrogen-bond acceptors (Lipinski definition) is 7. The van der Waals surface area contributed by atoms with Crippen molar-refractivity contribution in [3.05, 3.63) is 12.2 Å². The minimum absolute atomic E-state index is 0.145. The Morgan fingerprint density at radius 1 is 1.27 bits per heavy atom. The van der Waals surface area contributed by atoms with Gasteiger partial charge in [0.25, 0.3) is 0 Å². The van der Waals surface area contributed by atoms with Crippen molar-refractivity contribution in [2.45, 2.75) is 58.7 Å². The van der Waals surface area contributed by atoms with Gasteiger partial charge in [-0.1, -0.05) is 20.4 Å². The molecule has 8 heteroatoms. The number of esters is 2. The molecule has 30 heavy (non-hydrogen) atoms. The van der Waals surface area contributed by atoms with Crippen LogP contribution in [0, 0.1) is 34.0 Å². The molecule has 2 N–H and O–H groups in total. The molecule has 3 saturated carbocycles. The predicted octanol–water partition coefficient (Wildman–Crippen LogP) is 1.49. The molecule has 4 fully saturated rings. The number of aliphatic carboxylic acids is 1. The van der Waals surface area contributed by atoms with Crippen LogP contribution in [0.15, 0.2) is 12.2 Å². The average molecular weight is 420 g/mol. The molecule has 2 spiro atoms. The van der Waals surface area contributed by atoms with Crippen molar-refractivity contribution in [3.63, 3.8) is 0 Å². The number of aliphatic hydroxyl groups is 1. The zero-order chi connectivity index (χ0) is 22.2. The third-order valence-electron chi connectivity index (χ3n) is 8.12. The van der Waals surface area contributed by atoms with Gasteiger partial charge >= 0.3 is 17.9 Å². The van der Waals surface area contributed by atoms with Crippen molar-refractivity contribution >= 4 is 23.7 Å². The highest BCUT2D eigenvalue weighted by atomic mass is 16.6. The summed E-state index contributed by atoms with van der Waals surface area (Å²) in [6.07, 6.45) is -0.832. The molecule has 7 unspecified atom stereocenters. The highest BCUT2D eigenvalue weighted by Crippen LogP contribution is 2.68. The van der Waals surface area contributed by atoms with Crippen molar-refractivity contribution in [2.24, 2.45) is 34.0 Å². The first-order valence-electron chi connectivity index (χ1n) is 10.4. The zero-order valence-electron chi connectivity index (χ0n) is 17.5. The Hall–Kier alpha value is -2.22. The Morgan fingerprint density at radius 2 is 1.93 bits per heavy atom. The first-order valence-corrected chi connectivity index (χ1v) is 10.4. The lowest BCUT2D eigenvalue weighted by Gasteiger charge is -2.62. The Kier molecular flexibility index (Phi) is 4.48. The van der Waals surface area contributed by atoms with E-state index in [1.165, 1.54) is 6.92 Å². The van der Waals surface area contributed by atoms with Gasteiger partial charge in [0.05, 0.1) is 17.4 Å². The van der Waals surface area contributed by atoms with Crippen LogP contribution in [0.3, 0.4) is 0 Å². The van der Waals surface area contributed by atoms with E-state index < -0.39 is 64.0 Å². The van der Waals surface area contributed by atoms with Gasteiger partial charge in [-0.25, -0.2) is 0 Å². The minimum atomic E-state index is -1.68. The van der Waals surface area contributed by atoms with Gasteiger partial charge in [0, 0.05) is 12.8 Å². The third kappa shape index (κ3) is 2.43. The van der Waals surface area contributed by atoms with Gasteiger partial charge in [0.1, 0.15) is 18.1 Å². The summed E-state index contributed by atoms with van der Waals surface area (Å²) in [6, 6.07) is 0. The highest BCUT2D eigenvalue weighted by molar-refractivity contribution is 6.15. The van der Waals surface area contributed by atoms with Crippen LogP contribution < -0.4 is 0 Å². The third-order valence-corrected chi connectivity index (χ3v) is 8.12. The second-order valence-electron chi connectivity index (χ2n) is 10.1. The molecule has 164 valence electrons. The van der Waals surface area contributed by atoms with Crippen molar-refractivity contribution in [2.75, 3.05) is 6.61 Å². The van der Waals surface area contributed by atoms with Crippen LogP contribution in [0.2, 0.25) is 0 Å². The molecule has 0 aromatic rings. The number of ether oxygens (including phenoxy) is 2. The van der Waals surface area contributed by atoms with E-state index in [0.29, 0.717) is 12.8 Å². The Morgan fingerprint density at radius 3 is 2.53 bits per heavy atom. The standard InChI is InChI=1S/C22H28O8/c1-10-12-7-13(24)15-21(8-12,17(10)25)19(28)29-9-22(15)14(30-11(2)23)5-6-20(3,4)16(22)18(26)27/h12-16,24H,1,5-9H2,2-4H3,(H,26,27).